The van der Waals surface area contributed by atoms with Crippen LogP contribution in [-0.4, -0.2) is 32.5 Å². The predicted octanol–water partition coefficient (Wildman–Crippen LogP) is 3.48. The van der Waals surface area contributed by atoms with E-state index in [2.05, 4.69) is 10.4 Å². The predicted molar refractivity (Wildman–Crippen MR) is 99.9 cm³/mol. The number of carboxylic acid groups (broad SMARTS) is 1. The first kappa shape index (κ1) is 17.3. The summed E-state index contributed by atoms with van der Waals surface area (Å²) in [5, 5.41) is 16.1. The first-order valence-electron chi connectivity index (χ1n) is 8.11. The molecule has 1 aliphatic rings. The second-order valence-electron chi connectivity index (χ2n) is 6.00. The molecule has 0 fully saturated rings. The Kier molecular flexibility index (Phi) is 4.41. The Balaban J connectivity index is 1.77. The molecule has 0 aliphatic carbocycles. The molecule has 3 aromatic rings. The molecule has 0 spiro atoms. The number of hydrogen-bond donors (Lipinski definition) is 2. The number of aromatic nitrogens is 2. The van der Waals surface area contributed by atoms with Crippen LogP contribution in [0.3, 0.4) is 0 Å². The van der Waals surface area contributed by atoms with E-state index in [-0.39, 0.29) is 28.3 Å². The SMILES string of the molecule is O=C1CS[C@@H](c2ccc(C(=O)O)cc2)c2cnn(-c3ccc(F)cc3)c2N1. The molecule has 2 N–H and O–H groups in total. The molecule has 6 nitrogen and oxygen atoms in total. The minimum Gasteiger partial charge on any atom is -0.478 e. The van der Waals surface area contributed by atoms with E-state index in [1.807, 2.05) is 0 Å². The number of thioether (sulfide) groups is 1. The lowest BCUT2D eigenvalue weighted by Gasteiger charge is -2.14. The number of anilines is 1. The minimum absolute atomic E-state index is 0.158. The zero-order chi connectivity index (χ0) is 19.0. The Morgan fingerprint density at radius 2 is 1.89 bits per heavy atom. The van der Waals surface area contributed by atoms with Crippen LogP contribution in [-0.2, 0) is 4.79 Å². The Bertz CT molecular complexity index is 1020. The number of hydrogen-bond acceptors (Lipinski definition) is 4. The fourth-order valence-corrected chi connectivity index (χ4v) is 4.04. The van der Waals surface area contributed by atoms with Crippen LogP contribution in [0.25, 0.3) is 5.69 Å². The maximum atomic E-state index is 13.2. The monoisotopic (exact) mass is 383 g/mol. The average Bonchev–Trinajstić information content (AvgIpc) is 2.98. The van der Waals surface area contributed by atoms with Crippen LogP contribution < -0.4 is 5.32 Å². The van der Waals surface area contributed by atoms with Crippen LogP contribution in [0, 0.1) is 5.82 Å². The average molecular weight is 383 g/mol. The fraction of sp³-hybridized carbons (Fsp3) is 0.105. The van der Waals surface area contributed by atoms with Crippen molar-refractivity contribution in [1.29, 1.82) is 0 Å². The number of carboxylic acids is 1. The number of benzene rings is 2. The minimum atomic E-state index is -0.989. The van der Waals surface area contributed by atoms with Crippen molar-refractivity contribution in [2.45, 2.75) is 5.25 Å². The van der Waals surface area contributed by atoms with Crippen molar-refractivity contribution in [3.8, 4) is 5.69 Å². The Morgan fingerprint density at radius 3 is 2.56 bits per heavy atom. The number of fused-ring (bicyclic) bond motifs is 1. The third-order valence-corrected chi connectivity index (χ3v) is 5.54. The standard InChI is InChI=1S/C19H14FN3O3S/c20-13-5-7-14(8-6-13)23-18-15(9-21-23)17(27-10-16(24)22-18)11-1-3-12(4-2-11)19(25)26/h1-9,17H,10H2,(H,22,24)(H,25,26)/t17-/m0/s1. The first-order valence-corrected chi connectivity index (χ1v) is 9.16. The molecule has 1 amide bonds. The van der Waals surface area contributed by atoms with Crippen LogP contribution >= 0.6 is 11.8 Å². The lowest BCUT2D eigenvalue weighted by Crippen LogP contribution is -2.15. The van der Waals surface area contributed by atoms with Gasteiger partial charge in [0.25, 0.3) is 0 Å². The van der Waals surface area contributed by atoms with E-state index in [0.717, 1.165) is 11.1 Å². The largest absolute Gasteiger partial charge is 0.478 e. The molecule has 0 saturated heterocycles. The maximum Gasteiger partial charge on any atom is 0.335 e. The van der Waals surface area contributed by atoms with E-state index >= 15 is 0 Å². The van der Waals surface area contributed by atoms with Crippen LogP contribution in [0.15, 0.2) is 54.7 Å². The topological polar surface area (TPSA) is 84.2 Å². The number of carbonyl (C=O) groups is 2. The van der Waals surface area contributed by atoms with Gasteiger partial charge in [-0.15, -0.1) is 11.8 Å². The van der Waals surface area contributed by atoms with Crippen molar-refractivity contribution >= 4 is 29.5 Å². The van der Waals surface area contributed by atoms with Crippen molar-refractivity contribution in [3.05, 3.63) is 77.2 Å². The van der Waals surface area contributed by atoms with E-state index < -0.39 is 5.97 Å². The van der Waals surface area contributed by atoms with E-state index in [1.165, 1.54) is 23.9 Å². The summed E-state index contributed by atoms with van der Waals surface area (Å²) in [6.07, 6.45) is 1.67. The molecular formula is C19H14FN3O3S. The number of halogens is 1. The van der Waals surface area contributed by atoms with Crippen molar-refractivity contribution in [2.24, 2.45) is 0 Å². The molecule has 8 heteroatoms. The summed E-state index contributed by atoms with van der Waals surface area (Å²) in [4.78, 5) is 23.3. The smallest absolute Gasteiger partial charge is 0.335 e. The molecule has 4 rings (SSSR count). The van der Waals surface area contributed by atoms with Gasteiger partial charge in [0.1, 0.15) is 11.6 Å². The summed E-state index contributed by atoms with van der Waals surface area (Å²) in [5.74, 6) is -0.716. The second kappa shape index (κ2) is 6.88. The van der Waals surface area contributed by atoms with Gasteiger partial charge in [-0.25, -0.2) is 13.9 Å². The van der Waals surface area contributed by atoms with Gasteiger partial charge in [0, 0.05) is 5.56 Å². The van der Waals surface area contributed by atoms with Gasteiger partial charge in [-0.1, -0.05) is 12.1 Å². The van der Waals surface area contributed by atoms with E-state index in [1.54, 1.807) is 47.3 Å². The van der Waals surface area contributed by atoms with E-state index in [4.69, 9.17) is 5.11 Å². The summed E-state index contributed by atoms with van der Waals surface area (Å²) in [5.41, 5.74) is 2.51. The quantitative estimate of drug-likeness (QED) is 0.723. The second-order valence-corrected chi connectivity index (χ2v) is 7.10. The number of amides is 1. The lowest BCUT2D eigenvalue weighted by molar-refractivity contribution is -0.113. The summed E-state index contributed by atoms with van der Waals surface area (Å²) in [6, 6.07) is 12.4. The fourth-order valence-electron chi connectivity index (χ4n) is 2.95. The van der Waals surface area contributed by atoms with Crippen LogP contribution in [0.2, 0.25) is 0 Å². The van der Waals surface area contributed by atoms with Gasteiger partial charge in [-0.3, -0.25) is 4.79 Å². The Labute approximate surface area is 158 Å². The van der Waals surface area contributed by atoms with Crippen molar-refractivity contribution in [1.82, 2.24) is 9.78 Å². The first-order chi connectivity index (χ1) is 13.0. The van der Waals surface area contributed by atoms with Crippen LogP contribution in [0.1, 0.15) is 26.7 Å². The van der Waals surface area contributed by atoms with Gasteiger partial charge >= 0.3 is 5.97 Å². The van der Waals surface area contributed by atoms with E-state index in [9.17, 15) is 14.0 Å². The normalized spacial score (nSPS) is 16.3. The molecule has 1 atom stereocenters. The zero-order valence-electron chi connectivity index (χ0n) is 13.9. The Morgan fingerprint density at radius 1 is 1.19 bits per heavy atom. The summed E-state index contributed by atoms with van der Waals surface area (Å²) in [7, 11) is 0. The number of aromatic carboxylic acids is 1. The molecule has 27 heavy (non-hydrogen) atoms. The molecule has 0 unspecified atom stereocenters. The van der Waals surface area contributed by atoms with Crippen LogP contribution in [0.5, 0.6) is 0 Å². The van der Waals surface area contributed by atoms with E-state index in [0.29, 0.717) is 11.5 Å². The molecule has 136 valence electrons. The number of carbonyl (C=O) groups excluding carboxylic acids is 1. The highest BCUT2D eigenvalue weighted by atomic mass is 32.2. The lowest BCUT2D eigenvalue weighted by atomic mass is 10.0. The molecule has 2 aromatic carbocycles. The molecular weight excluding hydrogens is 369 g/mol. The summed E-state index contributed by atoms with van der Waals surface area (Å²) in [6.45, 7) is 0. The third kappa shape index (κ3) is 3.31. The summed E-state index contributed by atoms with van der Waals surface area (Å²) < 4.78 is 14.8. The highest BCUT2D eigenvalue weighted by molar-refractivity contribution is 8.00. The molecule has 1 aromatic heterocycles. The van der Waals surface area contributed by atoms with Gasteiger partial charge in [0.2, 0.25) is 5.91 Å². The molecule has 2 heterocycles. The van der Waals surface area contributed by atoms with Gasteiger partial charge in [-0.05, 0) is 42.0 Å². The van der Waals surface area contributed by atoms with Gasteiger partial charge < -0.3 is 10.4 Å². The molecule has 1 aliphatic heterocycles. The third-order valence-electron chi connectivity index (χ3n) is 4.25. The highest BCUT2D eigenvalue weighted by Gasteiger charge is 2.28. The summed E-state index contributed by atoms with van der Waals surface area (Å²) >= 11 is 1.44. The van der Waals surface area contributed by atoms with Crippen molar-refractivity contribution in [2.75, 3.05) is 11.1 Å². The maximum absolute atomic E-state index is 13.2. The number of rotatable bonds is 3. The highest BCUT2D eigenvalue weighted by Crippen LogP contribution is 2.42. The molecule has 0 saturated carbocycles. The van der Waals surface area contributed by atoms with Gasteiger partial charge in [-0.2, -0.15) is 5.10 Å². The number of nitrogens with zero attached hydrogens (tertiary/aromatic N) is 2. The number of nitrogens with one attached hydrogen (secondary N) is 1. The van der Waals surface area contributed by atoms with Crippen molar-refractivity contribution in [3.63, 3.8) is 0 Å². The van der Waals surface area contributed by atoms with Gasteiger partial charge in [0.05, 0.1) is 28.5 Å². The van der Waals surface area contributed by atoms with Crippen molar-refractivity contribution < 1.29 is 19.1 Å². The molecule has 0 radical (unpaired) electrons. The van der Waals surface area contributed by atoms with Gasteiger partial charge in [0.15, 0.2) is 0 Å². The molecule has 0 bridgehead atoms. The zero-order valence-corrected chi connectivity index (χ0v) is 14.7. The Hall–Kier alpha value is -3.13. The van der Waals surface area contributed by atoms with Crippen LogP contribution in [0.4, 0.5) is 10.2 Å².